The number of carbonyl (C=O) groups is 1. The normalized spacial score (nSPS) is 10.7. The average Bonchev–Trinajstić information content (AvgIpc) is 2.89. The van der Waals surface area contributed by atoms with Gasteiger partial charge in [-0.2, -0.15) is 0 Å². The van der Waals surface area contributed by atoms with Crippen LogP contribution in [0.25, 0.3) is 10.8 Å². The Labute approximate surface area is 126 Å². The second-order valence-electron chi connectivity index (χ2n) is 4.76. The van der Waals surface area contributed by atoms with E-state index in [4.69, 9.17) is 0 Å². The zero-order chi connectivity index (χ0) is 14.8. The van der Waals surface area contributed by atoms with E-state index in [1.165, 1.54) is 11.3 Å². The van der Waals surface area contributed by atoms with Crippen molar-refractivity contribution in [1.82, 2.24) is 10.3 Å². The number of hydrogen-bond donors (Lipinski definition) is 2. The molecule has 0 atom stereocenters. The summed E-state index contributed by atoms with van der Waals surface area (Å²) >= 11 is 1.51. The van der Waals surface area contributed by atoms with Crippen LogP contribution in [0.4, 0.5) is 0 Å². The Balaban J connectivity index is 1.84. The Morgan fingerprint density at radius 3 is 2.67 bits per heavy atom. The molecule has 0 spiro atoms. The lowest BCUT2D eigenvalue weighted by Crippen LogP contribution is -2.22. The molecule has 0 aliphatic carbocycles. The lowest BCUT2D eigenvalue weighted by molar-refractivity contribution is 0.0949. The summed E-state index contributed by atoms with van der Waals surface area (Å²) in [5, 5.41) is 14.7. The van der Waals surface area contributed by atoms with Crippen LogP contribution in [-0.4, -0.2) is 16.0 Å². The first-order valence-corrected chi connectivity index (χ1v) is 7.42. The van der Waals surface area contributed by atoms with Crippen molar-refractivity contribution in [3.63, 3.8) is 0 Å². The molecule has 0 bridgehead atoms. The van der Waals surface area contributed by atoms with E-state index < -0.39 is 0 Å². The predicted octanol–water partition coefficient (Wildman–Crippen LogP) is 3.24. The number of aromatic nitrogens is 1. The molecule has 0 saturated heterocycles. The van der Waals surface area contributed by atoms with Gasteiger partial charge in [0.1, 0.15) is 5.75 Å². The van der Waals surface area contributed by atoms with Crippen LogP contribution in [0.1, 0.15) is 20.9 Å². The fourth-order valence-corrected chi connectivity index (χ4v) is 2.88. The number of amides is 1. The molecule has 5 heteroatoms. The number of carbonyl (C=O) groups excluding carboxylic acids is 1. The van der Waals surface area contributed by atoms with Crippen molar-refractivity contribution < 1.29 is 9.90 Å². The summed E-state index contributed by atoms with van der Waals surface area (Å²) in [5.74, 6) is -0.293. The molecule has 1 amide bonds. The Bertz CT molecular complexity index is 811. The van der Waals surface area contributed by atoms with E-state index in [9.17, 15) is 9.90 Å². The molecular formula is C16H14N2O2S. The van der Waals surface area contributed by atoms with E-state index in [1.807, 2.05) is 31.2 Å². The van der Waals surface area contributed by atoms with Gasteiger partial charge in [-0.25, -0.2) is 4.98 Å². The van der Waals surface area contributed by atoms with Gasteiger partial charge in [-0.05, 0) is 29.8 Å². The standard InChI is InChI=1S/C16H14N2O2S/c1-10-15(21-9-18-10)8-17-16(20)13-6-11-4-2-3-5-12(11)7-14(13)19/h2-7,9,19H,8H2,1H3,(H,17,20). The van der Waals surface area contributed by atoms with Crippen molar-refractivity contribution >= 4 is 28.0 Å². The fourth-order valence-electron chi connectivity index (χ4n) is 2.16. The second-order valence-corrected chi connectivity index (χ2v) is 5.70. The molecule has 4 nitrogen and oxygen atoms in total. The van der Waals surface area contributed by atoms with Gasteiger partial charge in [0.25, 0.3) is 5.91 Å². The molecule has 0 radical (unpaired) electrons. The highest BCUT2D eigenvalue weighted by molar-refractivity contribution is 7.09. The first-order chi connectivity index (χ1) is 10.1. The van der Waals surface area contributed by atoms with Crippen LogP contribution < -0.4 is 5.32 Å². The average molecular weight is 298 g/mol. The van der Waals surface area contributed by atoms with E-state index >= 15 is 0 Å². The third-order valence-corrected chi connectivity index (χ3v) is 4.30. The number of benzene rings is 2. The number of nitrogens with one attached hydrogen (secondary N) is 1. The molecule has 1 heterocycles. The van der Waals surface area contributed by atoms with Gasteiger partial charge in [0.05, 0.1) is 23.3 Å². The Hall–Kier alpha value is -2.40. The molecule has 106 valence electrons. The van der Waals surface area contributed by atoms with Crippen LogP contribution >= 0.6 is 11.3 Å². The van der Waals surface area contributed by atoms with Gasteiger partial charge in [0.15, 0.2) is 0 Å². The SMILES string of the molecule is Cc1ncsc1CNC(=O)c1cc2ccccc2cc1O. The highest BCUT2D eigenvalue weighted by Crippen LogP contribution is 2.25. The van der Waals surface area contributed by atoms with Gasteiger partial charge in [0.2, 0.25) is 0 Å². The van der Waals surface area contributed by atoms with Gasteiger partial charge in [-0.1, -0.05) is 24.3 Å². The van der Waals surface area contributed by atoms with E-state index in [0.29, 0.717) is 6.54 Å². The molecule has 3 rings (SSSR count). The molecule has 1 aromatic heterocycles. The Kier molecular flexibility index (Phi) is 3.58. The number of phenolic OH excluding ortho intramolecular Hbond substituents is 1. The van der Waals surface area contributed by atoms with E-state index in [1.54, 1.807) is 17.6 Å². The number of fused-ring (bicyclic) bond motifs is 1. The third-order valence-electron chi connectivity index (χ3n) is 3.36. The number of nitrogens with zero attached hydrogens (tertiary/aromatic N) is 1. The molecule has 0 aliphatic heterocycles. The third kappa shape index (κ3) is 2.73. The molecule has 2 N–H and O–H groups in total. The van der Waals surface area contributed by atoms with E-state index in [0.717, 1.165) is 21.3 Å². The summed E-state index contributed by atoms with van der Waals surface area (Å²) < 4.78 is 0. The number of aromatic hydroxyl groups is 1. The van der Waals surface area contributed by atoms with Crippen LogP contribution in [0.2, 0.25) is 0 Å². The Morgan fingerprint density at radius 1 is 1.29 bits per heavy atom. The predicted molar refractivity (Wildman–Crippen MR) is 83.6 cm³/mol. The van der Waals surface area contributed by atoms with Crippen molar-refractivity contribution in [3.8, 4) is 5.75 Å². The second kappa shape index (κ2) is 5.54. The van der Waals surface area contributed by atoms with E-state index in [-0.39, 0.29) is 17.2 Å². The lowest BCUT2D eigenvalue weighted by Gasteiger charge is -2.08. The molecule has 3 aromatic rings. The highest BCUT2D eigenvalue weighted by Gasteiger charge is 2.13. The van der Waals surface area contributed by atoms with Crippen molar-refractivity contribution in [2.75, 3.05) is 0 Å². The summed E-state index contributed by atoms with van der Waals surface area (Å²) in [6.07, 6.45) is 0. The quantitative estimate of drug-likeness (QED) is 0.780. The number of hydrogen-bond acceptors (Lipinski definition) is 4. The molecule has 0 saturated carbocycles. The van der Waals surface area contributed by atoms with E-state index in [2.05, 4.69) is 10.3 Å². The van der Waals surface area contributed by atoms with Crippen LogP contribution in [0, 0.1) is 6.92 Å². The van der Waals surface area contributed by atoms with Crippen molar-refractivity contribution in [1.29, 1.82) is 0 Å². The monoisotopic (exact) mass is 298 g/mol. The highest BCUT2D eigenvalue weighted by atomic mass is 32.1. The number of aryl methyl sites for hydroxylation is 1. The molecular weight excluding hydrogens is 284 g/mol. The maximum atomic E-state index is 12.2. The van der Waals surface area contributed by atoms with Crippen molar-refractivity contribution in [2.45, 2.75) is 13.5 Å². The Morgan fingerprint density at radius 2 is 2.00 bits per heavy atom. The minimum atomic E-state index is -0.286. The van der Waals surface area contributed by atoms with Crippen molar-refractivity contribution in [2.24, 2.45) is 0 Å². The maximum absolute atomic E-state index is 12.2. The van der Waals surface area contributed by atoms with Gasteiger partial charge in [-0.15, -0.1) is 11.3 Å². The zero-order valence-electron chi connectivity index (χ0n) is 11.5. The summed E-state index contributed by atoms with van der Waals surface area (Å²) in [5.41, 5.74) is 2.96. The molecule has 2 aromatic carbocycles. The summed E-state index contributed by atoms with van der Waals surface area (Å²) in [7, 11) is 0. The smallest absolute Gasteiger partial charge is 0.255 e. The topological polar surface area (TPSA) is 62.2 Å². The van der Waals surface area contributed by atoms with Gasteiger partial charge < -0.3 is 10.4 Å². The van der Waals surface area contributed by atoms with Crippen LogP contribution in [0.15, 0.2) is 41.9 Å². The minimum Gasteiger partial charge on any atom is -0.507 e. The maximum Gasteiger partial charge on any atom is 0.255 e. The summed E-state index contributed by atoms with van der Waals surface area (Å²) in [6.45, 7) is 2.33. The number of thiazole rings is 1. The first kappa shape index (κ1) is 13.6. The fraction of sp³-hybridized carbons (Fsp3) is 0.125. The zero-order valence-corrected chi connectivity index (χ0v) is 12.3. The number of phenols is 1. The number of rotatable bonds is 3. The first-order valence-electron chi connectivity index (χ1n) is 6.54. The van der Waals surface area contributed by atoms with Gasteiger partial charge in [-0.3, -0.25) is 4.79 Å². The molecule has 21 heavy (non-hydrogen) atoms. The minimum absolute atomic E-state index is 0.00720. The van der Waals surface area contributed by atoms with Crippen LogP contribution in [-0.2, 0) is 6.54 Å². The van der Waals surface area contributed by atoms with Crippen LogP contribution in [0.3, 0.4) is 0 Å². The molecule has 0 aliphatic rings. The largest absolute Gasteiger partial charge is 0.507 e. The van der Waals surface area contributed by atoms with Gasteiger partial charge in [0, 0.05) is 4.88 Å². The van der Waals surface area contributed by atoms with Gasteiger partial charge >= 0.3 is 0 Å². The summed E-state index contributed by atoms with van der Waals surface area (Å²) in [4.78, 5) is 17.4. The van der Waals surface area contributed by atoms with Crippen molar-refractivity contribution in [3.05, 3.63) is 58.0 Å². The lowest BCUT2D eigenvalue weighted by atomic mass is 10.1. The summed E-state index contributed by atoms with van der Waals surface area (Å²) in [6, 6.07) is 10.9. The molecule has 0 unspecified atom stereocenters. The molecule has 0 fully saturated rings. The van der Waals surface area contributed by atoms with Crippen LogP contribution in [0.5, 0.6) is 5.75 Å².